The highest BCUT2D eigenvalue weighted by Gasteiger charge is 2.08. The lowest BCUT2D eigenvalue weighted by Gasteiger charge is -2.05. The van der Waals surface area contributed by atoms with Crippen LogP contribution in [0.4, 0.5) is 0 Å². The highest BCUT2D eigenvalue weighted by molar-refractivity contribution is 9.10. The first-order valence-electron chi connectivity index (χ1n) is 5.94. The molecule has 3 rings (SSSR count). The molecule has 19 heavy (non-hydrogen) atoms. The van der Waals surface area contributed by atoms with E-state index >= 15 is 0 Å². The Morgan fingerprint density at radius 3 is 2.63 bits per heavy atom. The zero-order chi connectivity index (χ0) is 13.4. The minimum absolute atomic E-state index is 0.308. The van der Waals surface area contributed by atoms with Gasteiger partial charge in [0.2, 0.25) is 0 Å². The van der Waals surface area contributed by atoms with Gasteiger partial charge in [-0.2, -0.15) is 0 Å². The van der Waals surface area contributed by atoms with Crippen LogP contribution in [0.1, 0.15) is 5.56 Å². The molecule has 0 aliphatic heterocycles. The summed E-state index contributed by atoms with van der Waals surface area (Å²) in [5.41, 5.74) is 1.73. The molecule has 0 unspecified atom stereocenters. The number of hydrogen-bond donors (Lipinski definition) is 0. The van der Waals surface area contributed by atoms with Crippen molar-refractivity contribution in [3.8, 4) is 11.3 Å². The molecular weight excluding hydrogens is 304 g/mol. The van der Waals surface area contributed by atoms with E-state index in [1.165, 1.54) is 0 Å². The maximum Gasteiger partial charge on any atom is 0.344 e. The molecule has 94 valence electrons. The number of rotatable bonds is 1. The molecule has 3 aromatic rings. The van der Waals surface area contributed by atoms with Gasteiger partial charge in [0.25, 0.3) is 0 Å². The van der Waals surface area contributed by atoms with Crippen molar-refractivity contribution in [2.75, 3.05) is 0 Å². The van der Waals surface area contributed by atoms with Crippen LogP contribution in [0, 0.1) is 6.92 Å². The summed E-state index contributed by atoms with van der Waals surface area (Å²) in [5, 5.41) is 1.48. The fraction of sp³-hybridized carbons (Fsp3) is 0.0625. The van der Waals surface area contributed by atoms with Crippen molar-refractivity contribution >= 4 is 26.7 Å². The summed E-state index contributed by atoms with van der Waals surface area (Å²) in [6.07, 6.45) is 0. The third-order valence-corrected chi connectivity index (χ3v) is 3.63. The first-order chi connectivity index (χ1) is 9.15. The van der Waals surface area contributed by atoms with E-state index in [0.717, 1.165) is 21.0 Å². The third kappa shape index (κ3) is 2.22. The van der Waals surface area contributed by atoms with E-state index in [-0.39, 0.29) is 5.63 Å². The lowest BCUT2D eigenvalue weighted by Crippen LogP contribution is -2.00. The molecule has 2 aromatic carbocycles. The van der Waals surface area contributed by atoms with Crippen LogP contribution in [0.2, 0.25) is 0 Å². The minimum Gasteiger partial charge on any atom is -0.422 e. The molecule has 1 heterocycles. The molecule has 0 fully saturated rings. The van der Waals surface area contributed by atoms with Crippen LogP contribution in [-0.4, -0.2) is 0 Å². The quantitative estimate of drug-likeness (QED) is 0.660. The van der Waals surface area contributed by atoms with Crippen LogP contribution in [0.25, 0.3) is 22.1 Å². The normalized spacial score (nSPS) is 10.8. The SMILES string of the molecule is Cc1ccccc1-c1cc2ccc(Br)cc2c(=O)o1. The zero-order valence-corrected chi connectivity index (χ0v) is 11.9. The van der Waals surface area contributed by atoms with Gasteiger partial charge in [-0.05, 0) is 36.1 Å². The molecule has 0 aliphatic rings. The van der Waals surface area contributed by atoms with Crippen LogP contribution in [0.5, 0.6) is 0 Å². The minimum atomic E-state index is -0.308. The lowest BCUT2D eigenvalue weighted by atomic mass is 10.0. The Hall–Kier alpha value is -1.87. The molecule has 1 aromatic heterocycles. The van der Waals surface area contributed by atoms with Gasteiger partial charge in [0.15, 0.2) is 0 Å². The molecule has 0 N–H and O–H groups in total. The van der Waals surface area contributed by atoms with Gasteiger partial charge in [-0.15, -0.1) is 0 Å². The second-order valence-corrected chi connectivity index (χ2v) is 5.36. The van der Waals surface area contributed by atoms with E-state index in [1.54, 1.807) is 6.07 Å². The van der Waals surface area contributed by atoms with Crippen LogP contribution in [-0.2, 0) is 0 Å². The van der Waals surface area contributed by atoms with Crippen molar-refractivity contribution in [1.29, 1.82) is 0 Å². The van der Waals surface area contributed by atoms with E-state index in [4.69, 9.17) is 4.42 Å². The van der Waals surface area contributed by atoms with Gasteiger partial charge in [-0.25, -0.2) is 4.79 Å². The Bertz CT molecular complexity index is 818. The van der Waals surface area contributed by atoms with Gasteiger partial charge in [-0.1, -0.05) is 46.3 Å². The summed E-state index contributed by atoms with van der Waals surface area (Å²) >= 11 is 3.36. The van der Waals surface area contributed by atoms with Crippen LogP contribution < -0.4 is 5.63 Å². The summed E-state index contributed by atoms with van der Waals surface area (Å²) in [7, 11) is 0. The average molecular weight is 315 g/mol. The fourth-order valence-electron chi connectivity index (χ4n) is 2.14. The Morgan fingerprint density at radius 1 is 1.05 bits per heavy atom. The van der Waals surface area contributed by atoms with E-state index in [2.05, 4.69) is 15.9 Å². The van der Waals surface area contributed by atoms with E-state index in [1.807, 2.05) is 49.4 Å². The molecule has 3 heteroatoms. The Labute approximate surface area is 118 Å². The smallest absolute Gasteiger partial charge is 0.344 e. The predicted molar refractivity (Wildman–Crippen MR) is 80.4 cm³/mol. The van der Waals surface area contributed by atoms with Crippen LogP contribution >= 0.6 is 15.9 Å². The molecule has 0 spiro atoms. The number of hydrogen-bond acceptors (Lipinski definition) is 2. The lowest BCUT2D eigenvalue weighted by molar-refractivity contribution is 0.534. The second-order valence-electron chi connectivity index (χ2n) is 4.44. The third-order valence-electron chi connectivity index (χ3n) is 3.14. The highest BCUT2D eigenvalue weighted by atomic mass is 79.9. The first-order valence-corrected chi connectivity index (χ1v) is 6.74. The summed E-state index contributed by atoms with van der Waals surface area (Å²) < 4.78 is 6.31. The van der Waals surface area contributed by atoms with Gasteiger partial charge in [-0.3, -0.25) is 0 Å². The van der Waals surface area contributed by atoms with Gasteiger partial charge in [0.1, 0.15) is 5.76 Å². The van der Waals surface area contributed by atoms with Gasteiger partial charge >= 0.3 is 5.63 Å². The topological polar surface area (TPSA) is 30.2 Å². The monoisotopic (exact) mass is 314 g/mol. The maximum absolute atomic E-state index is 12.0. The fourth-order valence-corrected chi connectivity index (χ4v) is 2.50. The summed E-state index contributed by atoms with van der Waals surface area (Å²) in [6.45, 7) is 2.00. The van der Waals surface area contributed by atoms with Crippen LogP contribution in [0.3, 0.4) is 0 Å². The molecule has 0 saturated carbocycles. The van der Waals surface area contributed by atoms with Crippen molar-refractivity contribution in [1.82, 2.24) is 0 Å². The second kappa shape index (κ2) is 4.67. The molecule has 0 saturated heterocycles. The Morgan fingerprint density at radius 2 is 1.84 bits per heavy atom. The van der Waals surface area contributed by atoms with Gasteiger partial charge in [0.05, 0.1) is 5.39 Å². The molecule has 2 nitrogen and oxygen atoms in total. The molecular formula is C16H11BrO2. The number of aryl methyl sites for hydroxylation is 1. The van der Waals surface area contributed by atoms with Crippen LogP contribution in [0.15, 0.2) is 62.2 Å². The van der Waals surface area contributed by atoms with Crippen molar-refractivity contribution in [3.05, 3.63) is 69.0 Å². The highest BCUT2D eigenvalue weighted by Crippen LogP contribution is 2.26. The largest absolute Gasteiger partial charge is 0.422 e. The van der Waals surface area contributed by atoms with E-state index < -0.39 is 0 Å². The standard InChI is InChI=1S/C16H11BrO2/c1-10-4-2-3-5-13(10)15-8-11-6-7-12(17)9-14(11)16(18)19-15/h2-9H,1H3. The first kappa shape index (κ1) is 12.2. The molecule has 0 bridgehead atoms. The predicted octanol–water partition coefficient (Wildman–Crippen LogP) is 4.53. The molecule has 0 amide bonds. The number of fused-ring (bicyclic) bond motifs is 1. The Kier molecular flexibility index (Phi) is 2.99. The average Bonchev–Trinajstić information content (AvgIpc) is 2.40. The zero-order valence-electron chi connectivity index (χ0n) is 10.3. The Balaban J connectivity index is 2.31. The van der Waals surface area contributed by atoms with E-state index in [0.29, 0.717) is 11.1 Å². The van der Waals surface area contributed by atoms with Gasteiger partial charge < -0.3 is 4.42 Å². The maximum atomic E-state index is 12.0. The summed E-state index contributed by atoms with van der Waals surface area (Å²) in [5.74, 6) is 0.609. The molecule has 0 atom stereocenters. The van der Waals surface area contributed by atoms with Gasteiger partial charge in [0, 0.05) is 10.0 Å². The van der Waals surface area contributed by atoms with Crippen molar-refractivity contribution in [2.45, 2.75) is 6.92 Å². The summed E-state index contributed by atoms with van der Waals surface area (Å²) in [4.78, 5) is 12.0. The number of benzene rings is 2. The number of halogens is 1. The summed E-state index contributed by atoms with van der Waals surface area (Å²) in [6, 6.07) is 15.4. The van der Waals surface area contributed by atoms with Crippen molar-refractivity contribution in [3.63, 3.8) is 0 Å². The van der Waals surface area contributed by atoms with E-state index in [9.17, 15) is 4.79 Å². The molecule has 0 aliphatic carbocycles. The molecule has 0 radical (unpaired) electrons. The van der Waals surface area contributed by atoms with Crippen molar-refractivity contribution in [2.24, 2.45) is 0 Å². The van der Waals surface area contributed by atoms with Crippen molar-refractivity contribution < 1.29 is 4.42 Å².